The second-order valence-corrected chi connectivity index (χ2v) is 9.04. The highest BCUT2D eigenvalue weighted by Gasteiger charge is 2.19. The van der Waals surface area contributed by atoms with Crippen LogP contribution in [-0.4, -0.2) is 17.6 Å². The Morgan fingerprint density at radius 3 is 2.37 bits per heavy atom. The molecular weight excluding hydrogens is 420 g/mol. The highest BCUT2D eigenvalue weighted by Crippen LogP contribution is 2.30. The molecule has 3 aromatic carbocycles. The average Bonchev–Trinajstić information content (AvgIpc) is 3.25. The Morgan fingerprint density at radius 2 is 1.63 bits per heavy atom. The second-order valence-electron chi connectivity index (χ2n) is 6.80. The van der Waals surface area contributed by atoms with Crippen molar-refractivity contribution in [2.45, 2.75) is 18.4 Å². The molecule has 0 radical (unpaired) electrons. The molecule has 4 rings (SSSR count). The van der Waals surface area contributed by atoms with Gasteiger partial charge in [0, 0.05) is 16.8 Å². The highest BCUT2D eigenvalue weighted by molar-refractivity contribution is 7.89. The second kappa shape index (κ2) is 8.34. The topological polar surface area (TPSA) is 61.2 Å². The zero-order valence-electron chi connectivity index (χ0n) is 16.2. The van der Waals surface area contributed by atoms with Crippen LogP contribution in [0.25, 0.3) is 11.3 Å². The van der Waals surface area contributed by atoms with E-state index >= 15 is 0 Å². The number of hydrogen-bond acceptors (Lipinski definition) is 4. The molecule has 1 aromatic heterocycles. The Morgan fingerprint density at radius 1 is 0.933 bits per heavy atom. The van der Waals surface area contributed by atoms with Gasteiger partial charge in [0.25, 0.3) is 10.0 Å². The van der Waals surface area contributed by atoms with Crippen LogP contribution in [0.2, 0.25) is 5.02 Å². The Kier molecular flexibility index (Phi) is 5.61. The standard InChI is InChI=1S/C23H19ClN2O3S/c1-17-6-12-20(13-7-17)30(27,28)26-15-14-22(25-26)21-4-2-3-5-23(21)29-16-18-8-10-19(24)11-9-18/h2-15H,16H2,1H3. The summed E-state index contributed by atoms with van der Waals surface area (Å²) in [5.74, 6) is 0.616. The van der Waals surface area contributed by atoms with Gasteiger partial charge in [0.2, 0.25) is 0 Å². The zero-order valence-corrected chi connectivity index (χ0v) is 17.8. The van der Waals surface area contributed by atoms with E-state index in [-0.39, 0.29) is 4.90 Å². The van der Waals surface area contributed by atoms with Gasteiger partial charge in [-0.15, -0.1) is 0 Å². The molecule has 4 aromatic rings. The number of hydrogen-bond donors (Lipinski definition) is 0. The van der Waals surface area contributed by atoms with Crippen LogP contribution in [0.5, 0.6) is 5.75 Å². The molecule has 0 amide bonds. The fourth-order valence-corrected chi connectivity index (χ4v) is 4.19. The van der Waals surface area contributed by atoms with Crippen LogP contribution >= 0.6 is 11.6 Å². The zero-order chi connectivity index (χ0) is 21.1. The maximum Gasteiger partial charge on any atom is 0.282 e. The Balaban J connectivity index is 1.60. The van der Waals surface area contributed by atoms with Crippen LogP contribution in [0.1, 0.15) is 11.1 Å². The molecule has 0 unspecified atom stereocenters. The molecule has 0 aliphatic heterocycles. The van der Waals surface area contributed by atoms with Gasteiger partial charge in [-0.05, 0) is 55.0 Å². The maximum absolute atomic E-state index is 12.9. The van der Waals surface area contributed by atoms with Crippen LogP contribution in [0.15, 0.2) is 90.0 Å². The lowest BCUT2D eigenvalue weighted by molar-refractivity contribution is 0.307. The molecule has 0 N–H and O–H groups in total. The number of aryl methyl sites for hydroxylation is 1. The fraction of sp³-hybridized carbons (Fsp3) is 0.0870. The molecule has 1 heterocycles. The summed E-state index contributed by atoms with van der Waals surface area (Å²) < 4.78 is 32.7. The SMILES string of the molecule is Cc1ccc(S(=O)(=O)n2ccc(-c3ccccc3OCc3ccc(Cl)cc3)n2)cc1. The molecule has 0 fully saturated rings. The van der Waals surface area contributed by atoms with Crippen molar-refractivity contribution in [3.63, 3.8) is 0 Å². The quantitative estimate of drug-likeness (QED) is 0.408. The highest BCUT2D eigenvalue weighted by atomic mass is 35.5. The van der Waals surface area contributed by atoms with Gasteiger partial charge in [-0.25, -0.2) is 0 Å². The summed E-state index contributed by atoms with van der Waals surface area (Å²) in [6.07, 6.45) is 1.44. The van der Waals surface area contributed by atoms with E-state index < -0.39 is 10.0 Å². The van der Waals surface area contributed by atoms with E-state index in [2.05, 4.69) is 5.10 Å². The van der Waals surface area contributed by atoms with E-state index in [0.717, 1.165) is 15.2 Å². The van der Waals surface area contributed by atoms with Crippen molar-refractivity contribution in [1.29, 1.82) is 0 Å². The largest absolute Gasteiger partial charge is 0.488 e. The van der Waals surface area contributed by atoms with E-state index in [1.54, 1.807) is 30.3 Å². The molecule has 152 valence electrons. The number of rotatable bonds is 6. The van der Waals surface area contributed by atoms with Gasteiger partial charge >= 0.3 is 0 Å². The molecule has 0 spiro atoms. The summed E-state index contributed by atoms with van der Waals surface area (Å²) in [7, 11) is -3.76. The van der Waals surface area contributed by atoms with Crippen LogP contribution < -0.4 is 4.74 Å². The fourth-order valence-electron chi connectivity index (χ4n) is 2.95. The number of para-hydroxylation sites is 1. The van der Waals surface area contributed by atoms with Gasteiger partial charge in [-0.1, -0.05) is 53.6 Å². The van der Waals surface area contributed by atoms with E-state index in [1.165, 1.54) is 6.20 Å². The number of aromatic nitrogens is 2. The van der Waals surface area contributed by atoms with Crippen molar-refractivity contribution in [2.75, 3.05) is 0 Å². The summed E-state index contributed by atoms with van der Waals surface area (Å²) >= 11 is 5.92. The summed E-state index contributed by atoms with van der Waals surface area (Å²) in [4.78, 5) is 0.190. The predicted molar refractivity (Wildman–Crippen MR) is 117 cm³/mol. The minimum absolute atomic E-state index is 0.190. The molecule has 0 aliphatic rings. The van der Waals surface area contributed by atoms with Crippen molar-refractivity contribution >= 4 is 21.6 Å². The minimum atomic E-state index is -3.76. The van der Waals surface area contributed by atoms with Gasteiger partial charge in [-0.2, -0.15) is 17.6 Å². The first kappa shape index (κ1) is 20.2. The lowest BCUT2D eigenvalue weighted by atomic mass is 10.1. The third kappa shape index (κ3) is 4.25. The summed E-state index contributed by atoms with van der Waals surface area (Å²) in [5, 5.41) is 4.98. The lowest BCUT2D eigenvalue weighted by Gasteiger charge is -2.10. The monoisotopic (exact) mass is 438 g/mol. The van der Waals surface area contributed by atoms with Crippen molar-refractivity contribution in [1.82, 2.24) is 9.19 Å². The number of benzene rings is 3. The van der Waals surface area contributed by atoms with Crippen molar-refractivity contribution in [3.05, 3.63) is 101 Å². The summed E-state index contributed by atoms with van der Waals surface area (Å²) in [6.45, 7) is 2.26. The Labute approximate surface area is 180 Å². The van der Waals surface area contributed by atoms with Gasteiger partial charge < -0.3 is 4.74 Å². The Hall–Kier alpha value is -3.09. The van der Waals surface area contributed by atoms with Crippen LogP contribution in [0.3, 0.4) is 0 Å². The van der Waals surface area contributed by atoms with Crippen molar-refractivity contribution in [2.24, 2.45) is 0 Å². The van der Waals surface area contributed by atoms with Crippen LogP contribution in [-0.2, 0) is 16.6 Å². The average molecular weight is 439 g/mol. The number of ether oxygens (including phenoxy) is 1. The first-order valence-electron chi connectivity index (χ1n) is 9.28. The molecule has 30 heavy (non-hydrogen) atoms. The lowest BCUT2D eigenvalue weighted by Crippen LogP contribution is -2.13. The molecule has 0 atom stereocenters. The van der Waals surface area contributed by atoms with Crippen molar-refractivity contribution in [3.8, 4) is 17.0 Å². The normalized spacial score (nSPS) is 11.4. The van der Waals surface area contributed by atoms with Gasteiger partial charge in [0.05, 0.1) is 10.6 Å². The molecule has 5 nitrogen and oxygen atoms in total. The van der Waals surface area contributed by atoms with E-state index in [9.17, 15) is 8.42 Å². The molecule has 0 saturated carbocycles. The molecular formula is C23H19ClN2O3S. The van der Waals surface area contributed by atoms with Crippen LogP contribution in [0, 0.1) is 6.92 Å². The minimum Gasteiger partial charge on any atom is -0.488 e. The smallest absolute Gasteiger partial charge is 0.282 e. The van der Waals surface area contributed by atoms with Crippen molar-refractivity contribution < 1.29 is 13.2 Å². The van der Waals surface area contributed by atoms with E-state index in [4.69, 9.17) is 16.3 Å². The molecule has 0 bridgehead atoms. The summed E-state index contributed by atoms with van der Waals surface area (Å²) in [5.41, 5.74) is 3.19. The third-order valence-corrected chi connectivity index (χ3v) is 6.42. The van der Waals surface area contributed by atoms with E-state index in [0.29, 0.717) is 28.6 Å². The molecule has 0 aliphatic carbocycles. The van der Waals surface area contributed by atoms with Gasteiger partial charge in [-0.3, -0.25) is 0 Å². The first-order chi connectivity index (χ1) is 14.4. The molecule has 0 saturated heterocycles. The first-order valence-corrected chi connectivity index (χ1v) is 11.1. The van der Waals surface area contributed by atoms with Gasteiger partial charge in [0.1, 0.15) is 12.4 Å². The third-order valence-electron chi connectivity index (χ3n) is 4.60. The summed E-state index contributed by atoms with van der Waals surface area (Å²) in [6, 6.07) is 23.2. The predicted octanol–water partition coefficient (Wildman–Crippen LogP) is 5.33. The Bertz CT molecular complexity index is 1260. The number of nitrogens with zero attached hydrogens (tertiary/aromatic N) is 2. The van der Waals surface area contributed by atoms with Gasteiger partial charge in [0.15, 0.2) is 0 Å². The molecule has 7 heteroatoms. The maximum atomic E-state index is 12.9. The van der Waals surface area contributed by atoms with Crippen LogP contribution in [0.4, 0.5) is 0 Å². The van der Waals surface area contributed by atoms with E-state index in [1.807, 2.05) is 55.5 Å². The number of halogens is 1.